The Morgan fingerprint density at radius 3 is 2.56 bits per heavy atom. The summed E-state index contributed by atoms with van der Waals surface area (Å²) in [6.07, 6.45) is -0.137. The van der Waals surface area contributed by atoms with Crippen LogP contribution in [0.1, 0.15) is 19.8 Å². The summed E-state index contributed by atoms with van der Waals surface area (Å²) in [4.78, 5) is 28.4. The van der Waals surface area contributed by atoms with E-state index < -0.39 is 39.9 Å². The van der Waals surface area contributed by atoms with Crippen LogP contribution in [0.15, 0.2) is 52.4 Å². The first-order valence-electron chi connectivity index (χ1n) is 9.70. The number of nitrogens with zero attached hydrogens (tertiary/aromatic N) is 2. The number of ether oxygens (including phenoxy) is 1. The molecule has 3 rings (SSSR count). The van der Waals surface area contributed by atoms with Crippen molar-refractivity contribution in [1.29, 1.82) is 0 Å². The molecule has 0 N–H and O–H groups in total. The minimum atomic E-state index is -3.54. The van der Waals surface area contributed by atoms with Crippen molar-refractivity contribution < 1.29 is 31.5 Å². The van der Waals surface area contributed by atoms with Gasteiger partial charge in [-0.2, -0.15) is 4.99 Å². The molecule has 0 aliphatic carbocycles. The number of thiazole rings is 1. The second-order valence-electron chi connectivity index (χ2n) is 6.75. The van der Waals surface area contributed by atoms with Crippen molar-refractivity contribution in [2.45, 2.75) is 31.2 Å². The average Bonchev–Trinajstić information content (AvgIpc) is 3.05. The number of sulfone groups is 1. The summed E-state index contributed by atoms with van der Waals surface area (Å²) in [6, 6.07) is 9.64. The zero-order valence-electron chi connectivity index (χ0n) is 17.1. The largest absolute Gasteiger partial charge is 0.465 e. The van der Waals surface area contributed by atoms with Gasteiger partial charge >= 0.3 is 5.97 Å². The number of halogens is 2. The number of hydrogen-bond donors (Lipinski definition) is 0. The van der Waals surface area contributed by atoms with Gasteiger partial charge in [0.05, 0.1) is 27.5 Å². The van der Waals surface area contributed by atoms with Crippen LogP contribution in [-0.4, -0.2) is 37.2 Å². The van der Waals surface area contributed by atoms with Gasteiger partial charge in [-0.15, -0.1) is 0 Å². The lowest BCUT2D eigenvalue weighted by Crippen LogP contribution is -2.23. The van der Waals surface area contributed by atoms with Crippen LogP contribution in [-0.2, 0) is 30.7 Å². The Bertz CT molecular complexity index is 1320. The molecule has 7 nitrogen and oxygen atoms in total. The van der Waals surface area contributed by atoms with Crippen LogP contribution in [0.4, 0.5) is 8.78 Å². The highest BCUT2D eigenvalue weighted by atomic mass is 32.2. The molecule has 1 heterocycles. The summed E-state index contributed by atoms with van der Waals surface area (Å²) in [6.45, 7) is 1.31. The van der Waals surface area contributed by atoms with Crippen molar-refractivity contribution in [3.63, 3.8) is 0 Å². The molecule has 11 heteroatoms. The number of carbonyl (C=O) groups is 2. The third kappa shape index (κ3) is 5.65. The van der Waals surface area contributed by atoms with Crippen LogP contribution in [0.5, 0.6) is 0 Å². The molecule has 0 aliphatic heterocycles. The van der Waals surface area contributed by atoms with Crippen LogP contribution in [0.2, 0.25) is 0 Å². The minimum Gasteiger partial charge on any atom is -0.465 e. The number of rotatable bonds is 8. The first kappa shape index (κ1) is 23.7. The van der Waals surface area contributed by atoms with E-state index in [0.29, 0.717) is 6.07 Å². The maximum atomic E-state index is 14.4. The van der Waals surface area contributed by atoms with E-state index in [2.05, 4.69) is 4.99 Å². The molecular weight excluding hydrogens is 462 g/mol. The van der Waals surface area contributed by atoms with E-state index in [4.69, 9.17) is 4.74 Å². The fourth-order valence-corrected chi connectivity index (χ4v) is 5.44. The normalized spacial score (nSPS) is 12.3. The molecule has 0 bridgehead atoms. The molecule has 170 valence electrons. The second-order valence-corrected chi connectivity index (χ2v) is 9.87. The predicted molar refractivity (Wildman–Crippen MR) is 115 cm³/mol. The molecule has 0 unspecified atom stereocenters. The average molecular weight is 483 g/mol. The van der Waals surface area contributed by atoms with E-state index in [9.17, 15) is 26.8 Å². The van der Waals surface area contributed by atoms with Crippen LogP contribution in [0.3, 0.4) is 0 Å². The molecule has 1 aromatic heterocycles. The Morgan fingerprint density at radius 2 is 1.88 bits per heavy atom. The summed E-state index contributed by atoms with van der Waals surface area (Å²) < 4.78 is 58.9. The van der Waals surface area contributed by atoms with E-state index >= 15 is 0 Å². The van der Waals surface area contributed by atoms with Gasteiger partial charge in [-0.1, -0.05) is 29.5 Å². The Hall–Kier alpha value is -2.92. The fraction of sp³-hybridized carbons (Fsp3) is 0.286. The van der Waals surface area contributed by atoms with Gasteiger partial charge < -0.3 is 9.30 Å². The number of fused-ring (bicyclic) bond motifs is 1. The number of aromatic nitrogens is 1. The van der Waals surface area contributed by atoms with E-state index in [-0.39, 0.29) is 45.1 Å². The first-order chi connectivity index (χ1) is 15.2. The molecular formula is C21H20F2N2O5S2. The van der Waals surface area contributed by atoms with Crippen molar-refractivity contribution >= 4 is 43.3 Å². The molecule has 1 amide bonds. The van der Waals surface area contributed by atoms with E-state index in [0.717, 1.165) is 22.0 Å². The molecule has 3 aromatic rings. The van der Waals surface area contributed by atoms with Crippen LogP contribution in [0, 0.1) is 11.6 Å². The van der Waals surface area contributed by atoms with E-state index in [1.165, 1.54) is 12.1 Å². The maximum Gasteiger partial charge on any atom is 0.326 e. The minimum absolute atomic E-state index is 0.00605. The SMILES string of the molecule is CCOC(=O)Cn1c(=NC(=O)CCCS(=O)(=O)c2ccccc2)sc2cc(F)cc(F)c21. The lowest BCUT2D eigenvalue weighted by molar-refractivity contribution is -0.143. The van der Waals surface area contributed by atoms with Gasteiger partial charge in [0.1, 0.15) is 12.4 Å². The van der Waals surface area contributed by atoms with Gasteiger partial charge in [0, 0.05) is 12.5 Å². The smallest absolute Gasteiger partial charge is 0.326 e. The molecule has 0 fully saturated rings. The number of benzene rings is 2. The number of hydrogen-bond acceptors (Lipinski definition) is 6. The van der Waals surface area contributed by atoms with Gasteiger partial charge in [-0.05, 0) is 31.5 Å². The summed E-state index contributed by atoms with van der Waals surface area (Å²) in [5, 5.41) is 0. The molecule has 0 aliphatic rings. The highest BCUT2D eigenvalue weighted by molar-refractivity contribution is 7.91. The Kier molecular flexibility index (Phi) is 7.52. The zero-order valence-corrected chi connectivity index (χ0v) is 18.7. The fourth-order valence-electron chi connectivity index (χ4n) is 3.02. The monoisotopic (exact) mass is 482 g/mol. The van der Waals surface area contributed by atoms with Crippen LogP contribution < -0.4 is 4.80 Å². The quantitative estimate of drug-likeness (QED) is 0.460. The standard InChI is InChI=1S/C21H20F2N2O5S2/c1-2-30-19(27)13-25-20-16(23)11-14(22)12-17(20)31-21(25)24-18(26)9-6-10-32(28,29)15-7-4-3-5-8-15/h3-5,7-8,11-12H,2,6,9-10,13H2,1H3. The molecule has 0 saturated carbocycles. The lowest BCUT2D eigenvalue weighted by Gasteiger charge is -2.06. The highest BCUT2D eigenvalue weighted by Gasteiger charge is 2.18. The molecule has 0 atom stereocenters. The maximum absolute atomic E-state index is 14.4. The topological polar surface area (TPSA) is 94.8 Å². The van der Waals surface area contributed by atoms with Gasteiger partial charge in [-0.25, -0.2) is 17.2 Å². The number of esters is 1. The Morgan fingerprint density at radius 1 is 1.16 bits per heavy atom. The van der Waals surface area contributed by atoms with Crippen molar-refractivity contribution in [2.24, 2.45) is 4.99 Å². The summed E-state index contributed by atoms with van der Waals surface area (Å²) in [7, 11) is -3.54. The molecule has 32 heavy (non-hydrogen) atoms. The van der Waals surface area contributed by atoms with Crippen molar-refractivity contribution in [1.82, 2.24) is 4.57 Å². The van der Waals surface area contributed by atoms with Gasteiger partial charge in [0.15, 0.2) is 20.5 Å². The van der Waals surface area contributed by atoms with E-state index in [1.807, 2.05) is 0 Å². The van der Waals surface area contributed by atoms with Crippen LogP contribution in [0.25, 0.3) is 10.2 Å². The molecule has 0 spiro atoms. The molecule has 2 aromatic carbocycles. The Balaban J connectivity index is 1.84. The molecule has 0 radical (unpaired) electrons. The third-order valence-electron chi connectivity index (χ3n) is 4.41. The van der Waals surface area contributed by atoms with Crippen molar-refractivity contribution in [3.05, 3.63) is 58.9 Å². The highest BCUT2D eigenvalue weighted by Crippen LogP contribution is 2.22. The zero-order chi connectivity index (χ0) is 23.3. The number of carbonyl (C=O) groups excluding carboxylic acids is 2. The Labute approximate surface area is 186 Å². The van der Waals surface area contributed by atoms with Gasteiger partial charge in [-0.3, -0.25) is 9.59 Å². The van der Waals surface area contributed by atoms with E-state index in [1.54, 1.807) is 25.1 Å². The number of amides is 1. The van der Waals surface area contributed by atoms with Gasteiger partial charge in [0.25, 0.3) is 0 Å². The van der Waals surface area contributed by atoms with Crippen molar-refractivity contribution in [2.75, 3.05) is 12.4 Å². The van der Waals surface area contributed by atoms with Gasteiger partial charge in [0.2, 0.25) is 5.91 Å². The summed E-state index contributed by atoms with van der Waals surface area (Å²) in [5.41, 5.74) is -0.0670. The first-order valence-corrected chi connectivity index (χ1v) is 12.2. The lowest BCUT2D eigenvalue weighted by atomic mass is 10.3. The second kappa shape index (κ2) is 10.1. The predicted octanol–water partition coefficient (Wildman–Crippen LogP) is 3.23. The summed E-state index contributed by atoms with van der Waals surface area (Å²) in [5.74, 6) is -3.25. The molecule has 0 saturated heterocycles. The van der Waals surface area contributed by atoms with Crippen molar-refractivity contribution in [3.8, 4) is 0 Å². The third-order valence-corrected chi connectivity index (χ3v) is 7.26. The van der Waals surface area contributed by atoms with Crippen LogP contribution >= 0.6 is 11.3 Å². The summed E-state index contributed by atoms with van der Waals surface area (Å²) >= 11 is 0.846.